The van der Waals surface area contributed by atoms with Crippen LogP contribution in [0.25, 0.3) is 0 Å². The smallest absolute Gasteiger partial charge is 0.0662 e. The Hall–Kier alpha value is -0.870. The Balaban J connectivity index is 2.05. The average Bonchev–Trinajstić information content (AvgIpc) is 2.64. The van der Waals surface area contributed by atoms with Crippen molar-refractivity contribution in [1.29, 1.82) is 0 Å². The summed E-state index contributed by atoms with van der Waals surface area (Å²) >= 11 is 0. The first-order valence-electron chi connectivity index (χ1n) is 5.09. The van der Waals surface area contributed by atoms with Gasteiger partial charge in [0, 0.05) is 25.0 Å². The monoisotopic (exact) mass is 197 g/mol. The molecule has 2 atom stereocenters. The maximum absolute atomic E-state index is 9.22. The van der Waals surface area contributed by atoms with Gasteiger partial charge in [0.05, 0.1) is 6.10 Å². The lowest BCUT2D eigenvalue weighted by Crippen LogP contribution is -2.36. The minimum absolute atomic E-state index is 0.160. The third-order valence-electron chi connectivity index (χ3n) is 2.31. The van der Waals surface area contributed by atoms with E-state index in [1.54, 1.807) is 13.1 Å². The molecule has 0 spiro atoms. The van der Waals surface area contributed by atoms with E-state index in [4.69, 9.17) is 0 Å². The number of rotatable bonds is 6. The van der Waals surface area contributed by atoms with Crippen molar-refractivity contribution in [3.8, 4) is 0 Å². The Morgan fingerprint density at radius 2 is 2.29 bits per heavy atom. The summed E-state index contributed by atoms with van der Waals surface area (Å²) in [5.74, 6) is 0. The van der Waals surface area contributed by atoms with Gasteiger partial charge in [0.25, 0.3) is 0 Å². The molecule has 0 aliphatic carbocycles. The normalized spacial score (nSPS) is 15.4. The van der Waals surface area contributed by atoms with Crippen LogP contribution in [0.3, 0.4) is 0 Å². The molecule has 80 valence electrons. The van der Waals surface area contributed by atoms with Gasteiger partial charge in [-0.05, 0) is 32.9 Å². The number of hydrogen-bond acceptors (Lipinski definition) is 3. The third kappa shape index (κ3) is 3.89. The van der Waals surface area contributed by atoms with Gasteiger partial charge in [-0.1, -0.05) is 0 Å². The second-order valence-corrected chi connectivity index (χ2v) is 3.61. The van der Waals surface area contributed by atoms with Crippen LogP contribution in [0, 0.1) is 0 Å². The van der Waals surface area contributed by atoms with Crippen LogP contribution in [-0.4, -0.2) is 33.6 Å². The minimum atomic E-state index is -0.292. The zero-order valence-corrected chi connectivity index (χ0v) is 8.85. The zero-order valence-electron chi connectivity index (χ0n) is 8.85. The van der Waals surface area contributed by atoms with E-state index in [9.17, 15) is 5.11 Å². The molecule has 1 aromatic heterocycles. The van der Waals surface area contributed by atoms with E-state index in [0.717, 1.165) is 19.5 Å². The first kappa shape index (κ1) is 11.2. The van der Waals surface area contributed by atoms with Gasteiger partial charge in [-0.25, -0.2) is 0 Å². The van der Waals surface area contributed by atoms with E-state index in [2.05, 4.69) is 10.4 Å². The van der Waals surface area contributed by atoms with Crippen LogP contribution in [0.5, 0.6) is 0 Å². The molecule has 0 amide bonds. The molecule has 2 unspecified atom stereocenters. The Morgan fingerprint density at radius 1 is 1.50 bits per heavy atom. The molecule has 14 heavy (non-hydrogen) atoms. The topological polar surface area (TPSA) is 50.1 Å². The molecule has 0 aliphatic heterocycles. The van der Waals surface area contributed by atoms with Crippen LogP contribution in [-0.2, 0) is 6.54 Å². The highest BCUT2D eigenvalue weighted by molar-refractivity contribution is 4.77. The van der Waals surface area contributed by atoms with Crippen molar-refractivity contribution in [2.45, 2.75) is 39.0 Å². The molecule has 1 heterocycles. The lowest BCUT2D eigenvalue weighted by atomic mass is 10.2. The van der Waals surface area contributed by atoms with Crippen LogP contribution < -0.4 is 5.32 Å². The predicted molar refractivity (Wildman–Crippen MR) is 56.0 cm³/mol. The summed E-state index contributed by atoms with van der Waals surface area (Å²) in [4.78, 5) is 0. The Morgan fingerprint density at radius 3 is 2.86 bits per heavy atom. The standard InChI is InChI=1S/C10H19N3O/c1-9(10(2)14)11-5-3-7-13-8-4-6-12-13/h4,6,8-11,14H,3,5,7H2,1-2H3. The molecular formula is C10H19N3O. The van der Waals surface area contributed by atoms with Crippen molar-refractivity contribution in [3.05, 3.63) is 18.5 Å². The fraction of sp³-hybridized carbons (Fsp3) is 0.700. The predicted octanol–water partition coefficient (Wildman–Crippen LogP) is 0.632. The van der Waals surface area contributed by atoms with Crippen molar-refractivity contribution >= 4 is 0 Å². The van der Waals surface area contributed by atoms with Crippen LogP contribution in [0.15, 0.2) is 18.5 Å². The first-order chi connectivity index (χ1) is 6.70. The summed E-state index contributed by atoms with van der Waals surface area (Å²) in [5.41, 5.74) is 0. The van der Waals surface area contributed by atoms with Crippen molar-refractivity contribution in [3.63, 3.8) is 0 Å². The van der Waals surface area contributed by atoms with Gasteiger partial charge < -0.3 is 10.4 Å². The van der Waals surface area contributed by atoms with Gasteiger partial charge in [0.2, 0.25) is 0 Å². The van der Waals surface area contributed by atoms with E-state index in [0.29, 0.717) is 0 Å². The molecule has 0 fully saturated rings. The number of aromatic nitrogens is 2. The SMILES string of the molecule is CC(O)C(C)NCCCn1cccn1. The van der Waals surface area contributed by atoms with Crippen molar-refractivity contribution < 1.29 is 5.11 Å². The molecule has 0 aliphatic rings. The lowest BCUT2D eigenvalue weighted by Gasteiger charge is -2.16. The summed E-state index contributed by atoms with van der Waals surface area (Å²) in [6.07, 6.45) is 4.47. The van der Waals surface area contributed by atoms with Crippen LogP contribution in [0.1, 0.15) is 20.3 Å². The number of aliphatic hydroxyl groups excluding tert-OH is 1. The van der Waals surface area contributed by atoms with Crippen LogP contribution in [0.2, 0.25) is 0 Å². The molecule has 1 rings (SSSR count). The molecule has 0 saturated carbocycles. The summed E-state index contributed by atoms with van der Waals surface area (Å²) in [7, 11) is 0. The second kappa shape index (κ2) is 5.78. The molecule has 4 heteroatoms. The summed E-state index contributed by atoms with van der Waals surface area (Å²) in [5, 5.41) is 16.6. The van der Waals surface area contributed by atoms with Gasteiger partial charge >= 0.3 is 0 Å². The van der Waals surface area contributed by atoms with E-state index < -0.39 is 0 Å². The fourth-order valence-corrected chi connectivity index (χ4v) is 1.17. The molecular weight excluding hydrogens is 178 g/mol. The maximum Gasteiger partial charge on any atom is 0.0662 e. The molecule has 1 aromatic rings. The van der Waals surface area contributed by atoms with Crippen molar-refractivity contribution in [1.82, 2.24) is 15.1 Å². The number of aryl methyl sites for hydroxylation is 1. The molecule has 0 radical (unpaired) electrons. The Labute approximate surface area is 84.9 Å². The zero-order chi connectivity index (χ0) is 10.4. The van der Waals surface area contributed by atoms with Crippen molar-refractivity contribution in [2.24, 2.45) is 0 Å². The maximum atomic E-state index is 9.22. The molecule has 2 N–H and O–H groups in total. The highest BCUT2D eigenvalue weighted by atomic mass is 16.3. The van der Waals surface area contributed by atoms with Gasteiger partial charge in [-0.2, -0.15) is 5.10 Å². The minimum Gasteiger partial charge on any atom is -0.392 e. The van der Waals surface area contributed by atoms with Gasteiger partial charge in [0.15, 0.2) is 0 Å². The molecule has 0 saturated heterocycles. The number of hydrogen-bond donors (Lipinski definition) is 2. The molecule has 4 nitrogen and oxygen atoms in total. The number of nitrogens with zero attached hydrogens (tertiary/aromatic N) is 2. The van der Waals surface area contributed by atoms with Crippen LogP contribution in [0.4, 0.5) is 0 Å². The van der Waals surface area contributed by atoms with Gasteiger partial charge in [-0.3, -0.25) is 4.68 Å². The molecule has 0 bridgehead atoms. The summed E-state index contributed by atoms with van der Waals surface area (Å²) in [6, 6.07) is 2.08. The highest BCUT2D eigenvalue weighted by Crippen LogP contribution is 1.92. The highest BCUT2D eigenvalue weighted by Gasteiger charge is 2.06. The third-order valence-corrected chi connectivity index (χ3v) is 2.31. The van der Waals surface area contributed by atoms with E-state index >= 15 is 0 Å². The lowest BCUT2D eigenvalue weighted by molar-refractivity contribution is 0.152. The average molecular weight is 197 g/mol. The van der Waals surface area contributed by atoms with E-state index in [1.807, 2.05) is 23.9 Å². The number of nitrogens with one attached hydrogen (secondary N) is 1. The van der Waals surface area contributed by atoms with E-state index in [1.165, 1.54) is 0 Å². The van der Waals surface area contributed by atoms with Gasteiger partial charge in [0.1, 0.15) is 0 Å². The summed E-state index contributed by atoms with van der Waals surface area (Å²) < 4.78 is 1.91. The Kier molecular flexibility index (Phi) is 4.62. The van der Waals surface area contributed by atoms with Gasteiger partial charge in [-0.15, -0.1) is 0 Å². The van der Waals surface area contributed by atoms with Crippen molar-refractivity contribution in [2.75, 3.05) is 6.54 Å². The van der Waals surface area contributed by atoms with Crippen LogP contribution >= 0.6 is 0 Å². The molecule has 0 aromatic carbocycles. The largest absolute Gasteiger partial charge is 0.392 e. The summed E-state index contributed by atoms with van der Waals surface area (Å²) in [6.45, 7) is 5.61. The quantitative estimate of drug-likeness (QED) is 0.658. The Bertz CT molecular complexity index is 234. The second-order valence-electron chi connectivity index (χ2n) is 3.61. The van der Waals surface area contributed by atoms with E-state index in [-0.39, 0.29) is 12.1 Å². The fourth-order valence-electron chi connectivity index (χ4n) is 1.17. The first-order valence-corrected chi connectivity index (χ1v) is 5.09. The number of aliphatic hydroxyl groups is 1.